The van der Waals surface area contributed by atoms with Crippen molar-refractivity contribution >= 4 is 39.1 Å². The molecule has 0 spiro atoms. The van der Waals surface area contributed by atoms with E-state index in [-0.39, 0.29) is 12.3 Å². The van der Waals surface area contributed by atoms with Gasteiger partial charge >= 0.3 is 0 Å². The highest BCUT2D eigenvalue weighted by Gasteiger charge is 2.25. The van der Waals surface area contributed by atoms with Gasteiger partial charge in [0.05, 0.1) is 18.2 Å². The van der Waals surface area contributed by atoms with E-state index in [0.29, 0.717) is 10.6 Å². The molecule has 0 atom stereocenters. The summed E-state index contributed by atoms with van der Waals surface area (Å²) in [5, 5.41) is 4.42. The van der Waals surface area contributed by atoms with Crippen LogP contribution in [0.25, 0.3) is 11.0 Å². The minimum absolute atomic E-state index is 0.172. The van der Waals surface area contributed by atoms with E-state index in [0.717, 1.165) is 53.3 Å². The van der Waals surface area contributed by atoms with Gasteiger partial charge in [0.1, 0.15) is 10.6 Å². The van der Waals surface area contributed by atoms with Crippen LogP contribution in [-0.4, -0.2) is 11.8 Å². The number of amides is 2. The van der Waals surface area contributed by atoms with E-state index in [9.17, 15) is 9.59 Å². The zero-order valence-corrected chi connectivity index (χ0v) is 15.4. The van der Waals surface area contributed by atoms with Crippen LogP contribution in [0.5, 0.6) is 0 Å². The largest absolute Gasteiger partial charge is 0.464 e. The SMILES string of the molecule is Cc1ccc2c(CC(=O)Nc3sc4c(c3C(N)=O)CCCC4)coc2c1. The minimum Gasteiger partial charge on any atom is -0.464 e. The highest BCUT2D eigenvalue weighted by atomic mass is 32.1. The Hall–Kier alpha value is -2.60. The van der Waals surface area contributed by atoms with Crippen molar-refractivity contribution in [3.05, 3.63) is 51.6 Å². The second-order valence-electron chi connectivity index (χ2n) is 6.76. The Bertz CT molecular complexity index is 1020. The Labute approximate surface area is 155 Å². The van der Waals surface area contributed by atoms with E-state index in [2.05, 4.69) is 5.32 Å². The predicted molar refractivity (Wildman–Crippen MR) is 103 cm³/mol. The molecule has 6 heteroatoms. The maximum Gasteiger partial charge on any atom is 0.251 e. The second kappa shape index (κ2) is 6.61. The fraction of sp³-hybridized carbons (Fsp3) is 0.300. The number of hydrogen-bond acceptors (Lipinski definition) is 4. The molecule has 0 saturated carbocycles. The highest BCUT2D eigenvalue weighted by Crippen LogP contribution is 2.38. The molecule has 1 aliphatic carbocycles. The Morgan fingerprint density at radius 3 is 2.88 bits per heavy atom. The monoisotopic (exact) mass is 368 g/mol. The summed E-state index contributed by atoms with van der Waals surface area (Å²) >= 11 is 1.48. The summed E-state index contributed by atoms with van der Waals surface area (Å²) in [6.07, 6.45) is 5.78. The molecule has 2 heterocycles. The van der Waals surface area contributed by atoms with Crippen LogP contribution in [0.2, 0.25) is 0 Å². The van der Waals surface area contributed by atoms with Crippen LogP contribution in [0, 0.1) is 6.92 Å². The average Bonchev–Trinajstić information content (AvgIpc) is 3.15. The summed E-state index contributed by atoms with van der Waals surface area (Å²) < 4.78 is 5.56. The number of carbonyl (C=O) groups excluding carboxylic acids is 2. The van der Waals surface area contributed by atoms with Gasteiger partial charge in [0, 0.05) is 15.8 Å². The molecule has 5 nitrogen and oxygen atoms in total. The number of aryl methyl sites for hydroxylation is 2. The molecule has 0 radical (unpaired) electrons. The number of fused-ring (bicyclic) bond motifs is 2. The molecule has 0 bridgehead atoms. The molecule has 4 rings (SSSR count). The summed E-state index contributed by atoms with van der Waals surface area (Å²) in [6.45, 7) is 2.00. The molecule has 2 amide bonds. The number of nitrogens with two attached hydrogens (primary N) is 1. The number of primary amides is 1. The second-order valence-corrected chi connectivity index (χ2v) is 7.87. The molecular formula is C20H20N2O3S. The standard InChI is InChI=1S/C20H20N2O3S/c1-11-6-7-13-12(10-25-15(13)8-11)9-17(23)22-20-18(19(21)24)14-4-2-3-5-16(14)26-20/h6-8,10H,2-5,9H2,1H3,(H2,21,24)(H,22,23). The van der Waals surface area contributed by atoms with Crippen LogP contribution in [0.3, 0.4) is 0 Å². The predicted octanol–water partition coefficient (Wildman–Crippen LogP) is 3.96. The minimum atomic E-state index is -0.469. The van der Waals surface area contributed by atoms with Crippen LogP contribution in [-0.2, 0) is 24.1 Å². The van der Waals surface area contributed by atoms with Gasteiger partial charge in [-0.25, -0.2) is 0 Å². The maximum atomic E-state index is 12.6. The Balaban J connectivity index is 1.58. The lowest BCUT2D eigenvalue weighted by Crippen LogP contribution is -2.19. The third kappa shape index (κ3) is 3.01. The molecule has 1 aliphatic rings. The summed E-state index contributed by atoms with van der Waals surface area (Å²) in [5.41, 5.74) is 9.82. The number of benzene rings is 1. The maximum absolute atomic E-state index is 12.6. The van der Waals surface area contributed by atoms with Crippen LogP contribution >= 0.6 is 11.3 Å². The van der Waals surface area contributed by atoms with Crippen molar-refractivity contribution < 1.29 is 14.0 Å². The summed E-state index contributed by atoms with van der Waals surface area (Å²) in [7, 11) is 0. The molecule has 0 saturated heterocycles. The van der Waals surface area contributed by atoms with Crippen molar-refractivity contribution in [2.24, 2.45) is 5.73 Å². The van der Waals surface area contributed by atoms with Crippen molar-refractivity contribution in [3.8, 4) is 0 Å². The summed E-state index contributed by atoms with van der Waals surface area (Å²) in [5.74, 6) is -0.640. The van der Waals surface area contributed by atoms with Gasteiger partial charge in [-0.3, -0.25) is 9.59 Å². The van der Waals surface area contributed by atoms with Crippen molar-refractivity contribution in [3.63, 3.8) is 0 Å². The first kappa shape index (κ1) is 16.8. The number of furan rings is 1. The van der Waals surface area contributed by atoms with Gasteiger partial charge in [0.25, 0.3) is 5.91 Å². The fourth-order valence-electron chi connectivity index (χ4n) is 3.59. The zero-order valence-electron chi connectivity index (χ0n) is 14.6. The van der Waals surface area contributed by atoms with Crippen LogP contribution < -0.4 is 11.1 Å². The van der Waals surface area contributed by atoms with Gasteiger partial charge in [-0.1, -0.05) is 12.1 Å². The van der Waals surface area contributed by atoms with Crippen LogP contribution in [0.15, 0.2) is 28.9 Å². The van der Waals surface area contributed by atoms with Gasteiger partial charge in [-0.15, -0.1) is 11.3 Å². The van der Waals surface area contributed by atoms with E-state index >= 15 is 0 Å². The molecule has 2 aromatic heterocycles. The molecule has 0 aliphatic heterocycles. The number of carbonyl (C=O) groups is 2. The molecule has 0 fully saturated rings. The molecular weight excluding hydrogens is 348 g/mol. The van der Waals surface area contributed by atoms with Crippen molar-refractivity contribution in [2.45, 2.75) is 39.0 Å². The Morgan fingerprint density at radius 2 is 2.08 bits per heavy atom. The molecule has 26 heavy (non-hydrogen) atoms. The van der Waals surface area contributed by atoms with Gasteiger partial charge in [-0.05, 0) is 49.8 Å². The lowest BCUT2D eigenvalue weighted by molar-refractivity contribution is -0.115. The van der Waals surface area contributed by atoms with E-state index in [1.165, 1.54) is 16.2 Å². The fourth-order valence-corrected chi connectivity index (χ4v) is 4.90. The van der Waals surface area contributed by atoms with Crippen LogP contribution in [0.4, 0.5) is 5.00 Å². The smallest absolute Gasteiger partial charge is 0.251 e. The molecule has 3 N–H and O–H groups in total. The van der Waals surface area contributed by atoms with E-state index in [1.54, 1.807) is 6.26 Å². The third-order valence-electron chi connectivity index (χ3n) is 4.83. The van der Waals surface area contributed by atoms with E-state index in [1.807, 2.05) is 25.1 Å². The molecule has 1 aromatic carbocycles. The number of anilines is 1. The normalized spacial score (nSPS) is 13.6. The van der Waals surface area contributed by atoms with Gasteiger partial charge < -0.3 is 15.5 Å². The first-order chi connectivity index (χ1) is 12.5. The first-order valence-corrected chi connectivity index (χ1v) is 9.55. The third-order valence-corrected chi connectivity index (χ3v) is 6.04. The van der Waals surface area contributed by atoms with Crippen molar-refractivity contribution in [2.75, 3.05) is 5.32 Å². The number of hydrogen-bond donors (Lipinski definition) is 2. The molecule has 0 unspecified atom stereocenters. The van der Waals surface area contributed by atoms with Crippen LogP contribution in [0.1, 0.15) is 44.8 Å². The Morgan fingerprint density at radius 1 is 1.27 bits per heavy atom. The van der Waals surface area contributed by atoms with Gasteiger partial charge in [0.2, 0.25) is 5.91 Å². The van der Waals surface area contributed by atoms with Crippen molar-refractivity contribution in [1.29, 1.82) is 0 Å². The van der Waals surface area contributed by atoms with Crippen molar-refractivity contribution in [1.82, 2.24) is 0 Å². The number of nitrogens with one attached hydrogen (secondary N) is 1. The lowest BCUT2D eigenvalue weighted by Gasteiger charge is -2.11. The lowest BCUT2D eigenvalue weighted by atomic mass is 9.95. The number of rotatable bonds is 4. The average molecular weight is 368 g/mol. The van der Waals surface area contributed by atoms with E-state index < -0.39 is 5.91 Å². The molecule has 134 valence electrons. The van der Waals surface area contributed by atoms with E-state index in [4.69, 9.17) is 10.2 Å². The Kier molecular flexibility index (Phi) is 4.28. The number of thiophene rings is 1. The zero-order chi connectivity index (χ0) is 18.3. The topological polar surface area (TPSA) is 85.3 Å². The summed E-state index contributed by atoms with van der Waals surface area (Å²) in [4.78, 5) is 25.7. The highest BCUT2D eigenvalue weighted by molar-refractivity contribution is 7.17. The summed E-state index contributed by atoms with van der Waals surface area (Å²) in [6, 6.07) is 5.92. The van der Waals surface area contributed by atoms with Gasteiger partial charge in [0.15, 0.2) is 0 Å². The first-order valence-electron chi connectivity index (χ1n) is 8.74. The molecule has 3 aromatic rings. The van der Waals surface area contributed by atoms with Gasteiger partial charge in [-0.2, -0.15) is 0 Å². The quantitative estimate of drug-likeness (QED) is 0.731.